The zero-order chi connectivity index (χ0) is 14.7. The highest BCUT2D eigenvalue weighted by Crippen LogP contribution is 2.28. The Bertz CT molecular complexity index is 495. The van der Waals surface area contributed by atoms with Crippen molar-refractivity contribution in [1.29, 1.82) is 0 Å². The Labute approximate surface area is 125 Å². The van der Waals surface area contributed by atoms with E-state index < -0.39 is 0 Å². The summed E-state index contributed by atoms with van der Waals surface area (Å²) in [7, 11) is 0. The molecule has 1 saturated heterocycles. The monoisotopic (exact) mass is 289 g/mol. The topological polar surface area (TPSA) is 60.1 Å². The van der Waals surface area contributed by atoms with E-state index in [1.54, 1.807) is 0 Å². The van der Waals surface area contributed by atoms with Crippen molar-refractivity contribution in [2.75, 3.05) is 26.3 Å². The molecule has 0 aromatic heterocycles. The number of aliphatic imine (C=N–C) groups is 1. The van der Waals surface area contributed by atoms with Crippen LogP contribution in [0.15, 0.2) is 29.3 Å². The normalized spacial score (nSPS) is 25.2. The molecule has 2 N–H and O–H groups in total. The van der Waals surface area contributed by atoms with Gasteiger partial charge in [-0.3, -0.25) is 4.99 Å². The van der Waals surface area contributed by atoms with E-state index in [4.69, 9.17) is 15.2 Å². The van der Waals surface area contributed by atoms with Crippen molar-refractivity contribution in [2.24, 2.45) is 10.7 Å². The second kappa shape index (κ2) is 6.35. The number of hydrogen-bond acceptors (Lipinski definition) is 5. The maximum atomic E-state index is 6.06. The molecule has 114 valence electrons. The van der Waals surface area contributed by atoms with Crippen LogP contribution in [0, 0.1) is 0 Å². The predicted molar refractivity (Wildman–Crippen MR) is 82.5 cm³/mol. The Morgan fingerprint density at radius 3 is 2.86 bits per heavy atom. The van der Waals surface area contributed by atoms with Crippen LogP contribution in [-0.2, 0) is 4.74 Å². The zero-order valence-corrected chi connectivity index (χ0v) is 12.5. The molecule has 1 aromatic carbocycles. The lowest BCUT2D eigenvalue weighted by atomic mass is 10.1. The Morgan fingerprint density at radius 1 is 1.38 bits per heavy atom. The summed E-state index contributed by atoms with van der Waals surface area (Å²) in [6, 6.07) is 8.44. The summed E-state index contributed by atoms with van der Waals surface area (Å²) in [5.41, 5.74) is 7.28. The highest BCUT2D eigenvalue weighted by atomic mass is 16.5. The first-order valence-corrected chi connectivity index (χ1v) is 7.69. The lowest BCUT2D eigenvalue weighted by Crippen LogP contribution is -2.41. The summed E-state index contributed by atoms with van der Waals surface area (Å²) in [5, 5.41) is 0. The van der Waals surface area contributed by atoms with Crippen LogP contribution in [0.5, 0.6) is 5.75 Å². The van der Waals surface area contributed by atoms with Crippen LogP contribution in [-0.4, -0.2) is 43.3 Å². The standard InChI is InChI=1S/C16H23N3O2/c1-2-20-13-7-5-12(6-8-13)15-10-18-16(17)19(15)11-14-4-3-9-21-14/h5-8,14-15H,2-4,9-11H2,1H3,(H2,17,18). The van der Waals surface area contributed by atoms with Gasteiger partial charge in [-0.05, 0) is 37.5 Å². The molecule has 2 heterocycles. The van der Waals surface area contributed by atoms with Crippen molar-refractivity contribution >= 4 is 5.96 Å². The van der Waals surface area contributed by atoms with Gasteiger partial charge in [0.05, 0.1) is 25.3 Å². The minimum Gasteiger partial charge on any atom is -0.494 e. The van der Waals surface area contributed by atoms with Gasteiger partial charge in [-0.1, -0.05) is 12.1 Å². The van der Waals surface area contributed by atoms with Crippen LogP contribution < -0.4 is 10.5 Å². The van der Waals surface area contributed by atoms with Crippen molar-refractivity contribution in [3.63, 3.8) is 0 Å². The minimum absolute atomic E-state index is 0.213. The van der Waals surface area contributed by atoms with E-state index in [1.807, 2.05) is 19.1 Å². The van der Waals surface area contributed by atoms with E-state index >= 15 is 0 Å². The minimum atomic E-state index is 0.213. The molecule has 3 rings (SSSR count). The number of benzene rings is 1. The Hall–Kier alpha value is -1.75. The van der Waals surface area contributed by atoms with Crippen molar-refractivity contribution in [2.45, 2.75) is 31.9 Å². The first kappa shape index (κ1) is 14.2. The van der Waals surface area contributed by atoms with Gasteiger partial charge in [0.2, 0.25) is 0 Å². The predicted octanol–water partition coefficient (Wildman–Crippen LogP) is 1.94. The van der Waals surface area contributed by atoms with E-state index in [1.165, 1.54) is 5.56 Å². The summed E-state index contributed by atoms with van der Waals surface area (Å²) < 4.78 is 11.2. The first-order valence-electron chi connectivity index (χ1n) is 7.69. The van der Waals surface area contributed by atoms with E-state index in [9.17, 15) is 0 Å². The van der Waals surface area contributed by atoms with Crippen LogP contribution in [0.2, 0.25) is 0 Å². The second-order valence-corrected chi connectivity index (χ2v) is 5.50. The fourth-order valence-electron chi connectivity index (χ4n) is 3.00. The van der Waals surface area contributed by atoms with Crippen LogP contribution in [0.4, 0.5) is 0 Å². The Kier molecular flexibility index (Phi) is 4.29. The van der Waals surface area contributed by atoms with Crippen molar-refractivity contribution in [3.8, 4) is 5.75 Å². The highest BCUT2D eigenvalue weighted by molar-refractivity contribution is 5.80. The van der Waals surface area contributed by atoms with Gasteiger partial charge < -0.3 is 20.1 Å². The third kappa shape index (κ3) is 3.13. The molecule has 21 heavy (non-hydrogen) atoms. The molecule has 2 unspecified atom stereocenters. The fourth-order valence-corrected chi connectivity index (χ4v) is 3.00. The number of ether oxygens (including phenoxy) is 2. The number of nitrogens with two attached hydrogens (primary N) is 1. The van der Waals surface area contributed by atoms with Gasteiger partial charge in [-0.2, -0.15) is 0 Å². The summed E-state index contributed by atoms with van der Waals surface area (Å²) in [6.45, 7) is 5.08. The average molecular weight is 289 g/mol. The van der Waals surface area contributed by atoms with Gasteiger partial charge in [-0.15, -0.1) is 0 Å². The van der Waals surface area contributed by atoms with Gasteiger partial charge in [0.1, 0.15) is 5.75 Å². The summed E-state index contributed by atoms with van der Waals surface area (Å²) in [5.74, 6) is 1.53. The van der Waals surface area contributed by atoms with E-state index in [-0.39, 0.29) is 12.1 Å². The Balaban J connectivity index is 1.70. The molecule has 1 aromatic rings. The number of guanidine groups is 1. The van der Waals surface area contributed by atoms with Crippen LogP contribution in [0.3, 0.4) is 0 Å². The highest BCUT2D eigenvalue weighted by Gasteiger charge is 2.30. The van der Waals surface area contributed by atoms with Gasteiger partial charge in [-0.25, -0.2) is 0 Å². The summed E-state index contributed by atoms with van der Waals surface area (Å²) in [6.07, 6.45) is 2.53. The quantitative estimate of drug-likeness (QED) is 0.900. The molecular formula is C16H23N3O2. The van der Waals surface area contributed by atoms with E-state index in [0.29, 0.717) is 19.1 Å². The molecule has 0 amide bonds. The van der Waals surface area contributed by atoms with Crippen molar-refractivity contribution in [3.05, 3.63) is 29.8 Å². The number of hydrogen-bond donors (Lipinski definition) is 1. The van der Waals surface area contributed by atoms with Crippen LogP contribution in [0.1, 0.15) is 31.4 Å². The smallest absolute Gasteiger partial charge is 0.192 e. The van der Waals surface area contributed by atoms with Crippen LogP contribution in [0.25, 0.3) is 0 Å². The first-order chi connectivity index (χ1) is 10.3. The molecule has 0 aliphatic carbocycles. The third-order valence-corrected chi connectivity index (χ3v) is 4.10. The molecule has 2 aliphatic heterocycles. The maximum absolute atomic E-state index is 6.06. The Morgan fingerprint density at radius 2 is 2.19 bits per heavy atom. The molecule has 2 atom stereocenters. The number of nitrogens with zero attached hydrogens (tertiary/aromatic N) is 2. The molecule has 0 radical (unpaired) electrons. The zero-order valence-electron chi connectivity index (χ0n) is 12.5. The molecular weight excluding hydrogens is 266 g/mol. The number of rotatable bonds is 5. The lowest BCUT2D eigenvalue weighted by molar-refractivity contribution is 0.0853. The van der Waals surface area contributed by atoms with Gasteiger partial charge >= 0.3 is 0 Å². The molecule has 0 saturated carbocycles. The maximum Gasteiger partial charge on any atom is 0.192 e. The third-order valence-electron chi connectivity index (χ3n) is 4.10. The molecule has 2 aliphatic rings. The van der Waals surface area contributed by atoms with E-state index in [2.05, 4.69) is 22.0 Å². The lowest BCUT2D eigenvalue weighted by Gasteiger charge is -2.28. The molecule has 0 spiro atoms. The molecule has 0 bridgehead atoms. The average Bonchev–Trinajstić information content (AvgIpc) is 3.12. The van der Waals surface area contributed by atoms with Crippen molar-refractivity contribution in [1.82, 2.24) is 4.90 Å². The molecule has 5 nitrogen and oxygen atoms in total. The SMILES string of the molecule is CCOc1ccc(C2CN=C(N)N2CC2CCCO2)cc1. The second-order valence-electron chi connectivity index (χ2n) is 5.50. The van der Waals surface area contributed by atoms with Crippen LogP contribution >= 0.6 is 0 Å². The largest absolute Gasteiger partial charge is 0.494 e. The van der Waals surface area contributed by atoms with E-state index in [0.717, 1.165) is 31.7 Å². The fraction of sp³-hybridized carbons (Fsp3) is 0.562. The van der Waals surface area contributed by atoms with Gasteiger partial charge in [0.15, 0.2) is 5.96 Å². The molecule has 1 fully saturated rings. The van der Waals surface area contributed by atoms with Crippen molar-refractivity contribution < 1.29 is 9.47 Å². The summed E-state index contributed by atoms with van der Waals surface area (Å²) >= 11 is 0. The molecule has 5 heteroatoms. The summed E-state index contributed by atoms with van der Waals surface area (Å²) in [4.78, 5) is 6.58. The van der Waals surface area contributed by atoms with Gasteiger partial charge in [0.25, 0.3) is 0 Å². The van der Waals surface area contributed by atoms with Gasteiger partial charge in [0, 0.05) is 13.2 Å².